The van der Waals surface area contributed by atoms with E-state index in [2.05, 4.69) is 21.2 Å². The molecule has 1 aromatic carbocycles. The number of nitrogens with one attached hydrogen (secondary N) is 1. The molecule has 0 spiro atoms. The number of rotatable bonds is 2. The molecule has 2 rings (SSSR count). The summed E-state index contributed by atoms with van der Waals surface area (Å²) in [6, 6.07) is 7.55. The number of anilines is 1. The van der Waals surface area contributed by atoms with Gasteiger partial charge in [0.25, 0.3) is 0 Å². The third-order valence-electron chi connectivity index (χ3n) is 1.93. The molecule has 0 saturated heterocycles. The van der Waals surface area contributed by atoms with Crippen molar-refractivity contribution in [1.29, 1.82) is 0 Å². The lowest BCUT2D eigenvalue weighted by Gasteiger charge is -2.05. The molecule has 0 radical (unpaired) electrons. The van der Waals surface area contributed by atoms with E-state index in [-0.39, 0.29) is 11.6 Å². The van der Waals surface area contributed by atoms with Crippen LogP contribution >= 0.6 is 27.5 Å². The lowest BCUT2D eigenvalue weighted by atomic mass is 10.3. The van der Waals surface area contributed by atoms with Crippen LogP contribution in [0.5, 0.6) is 0 Å². The lowest BCUT2D eigenvalue weighted by Crippen LogP contribution is -2.01. The summed E-state index contributed by atoms with van der Waals surface area (Å²) < 4.78 is 5.75. The summed E-state index contributed by atoms with van der Waals surface area (Å²) >= 11 is 9.08. The van der Waals surface area contributed by atoms with E-state index in [9.17, 15) is 4.79 Å². The van der Waals surface area contributed by atoms with Gasteiger partial charge in [-0.25, -0.2) is 4.79 Å². The SMILES string of the molecule is O=C1OCC(Nc2ccc(Br)cc2)=C1Cl. The number of cyclic esters (lactones) is 1. The van der Waals surface area contributed by atoms with Crippen molar-refractivity contribution in [3.05, 3.63) is 39.5 Å². The maximum atomic E-state index is 11.0. The van der Waals surface area contributed by atoms with Crippen molar-refractivity contribution < 1.29 is 9.53 Å². The van der Waals surface area contributed by atoms with E-state index in [4.69, 9.17) is 16.3 Å². The summed E-state index contributed by atoms with van der Waals surface area (Å²) in [5.74, 6) is -0.476. The van der Waals surface area contributed by atoms with E-state index >= 15 is 0 Å². The normalized spacial score (nSPS) is 15.5. The molecule has 3 nitrogen and oxygen atoms in total. The van der Waals surface area contributed by atoms with Crippen molar-refractivity contribution in [3.8, 4) is 0 Å². The van der Waals surface area contributed by atoms with Crippen molar-refractivity contribution in [2.75, 3.05) is 11.9 Å². The summed E-state index contributed by atoms with van der Waals surface area (Å²) in [5.41, 5.74) is 1.47. The average Bonchev–Trinajstić information content (AvgIpc) is 2.53. The molecule has 0 amide bonds. The Kier molecular flexibility index (Phi) is 2.98. The van der Waals surface area contributed by atoms with Crippen LogP contribution in [0, 0.1) is 0 Å². The van der Waals surface area contributed by atoms with Crippen LogP contribution < -0.4 is 5.32 Å². The van der Waals surface area contributed by atoms with Gasteiger partial charge < -0.3 is 10.1 Å². The Labute approximate surface area is 100 Å². The van der Waals surface area contributed by atoms with Gasteiger partial charge in [0.15, 0.2) is 0 Å². The molecule has 0 bridgehead atoms. The summed E-state index contributed by atoms with van der Waals surface area (Å²) in [4.78, 5) is 11.0. The molecule has 1 heterocycles. The van der Waals surface area contributed by atoms with Crippen molar-refractivity contribution in [2.45, 2.75) is 0 Å². The van der Waals surface area contributed by atoms with Gasteiger partial charge in [0.1, 0.15) is 11.6 Å². The fourth-order valence-corrected chi connectivity index (χ4v) is 1.61. The fraction of sp³-hybridized carbons (Fsp3) is 0.100. The number of carbonyl (C=O) groups excluding carboxylic acids is 1. The van der Waals surface area contributed by atoms with E-state index in [1.807, 2.05) is 24.3 Å². The smallest absolute Gasteiger partial charge is 0.352 e. The minimum Gasteiger partial charge on any atom is -0.455 e. The highest BCUT2D eigenvalue weighted by Crippen LogP contribution is 2.22. The zero-order valence-electron chi connectivity index (χ0n) is 7.59. The zero-order chi connectivity index (χ0) is 10.8. The van der Waals surface area contributed by atoms with Gasteiger partial charge in [0.2, 0.25) is 0 Å². The molecule has 0 aromatic heterocycles. The summed E-state index contributed by atoms with van der Waals surface area (Å²) in [6.45, 7) is 0.202. The number of esters is 1. The monoisotopic (exact) mass is 287 g/mol. The Balaban J connectivity index is 2.16. The van der Waals surface area contributed by atoms with E-state index in [0.717, 1.165) is 10.2 Å². The van der Waals surface area contributed by atoms with Gasteiger partial charge in [0, 0.05) is 10.2 Å². The third-order valence-corrected chi connectivity index (χ3v) is 2.84. The molecule has 0 unspecified atom stereocenters. The number of ether oxygens (including phenoxy) is 1. The Morgan fingerprint density at radius 1 is 1.33 bits per heavy atom. The van der Waals surface area contributed by atoms with Crippen LogP contribution in [0.25, 0.3) is 0 Å². The maximum absolute atomic E-state index is 11.0. The first-order chi connectivity index (χ1) is 7.16. The molecule has 1 N–H and O–H groups in total. The molecule has 15 heavy (non-hydrogen) atoms. The second kappa shape index (κ2) is 4.24. The van der Waals surface area contributed by atoms with E-state index in [1.54, 1.807) is 0 Å². The quantitative estimate of drug-likeness (QED) is 0.851. The third kappa shape index (κ3) is 2.33. The van der Waals surface area contributed by atoms with E-state index in [1.165, 1.54) is 0 Å². The average molecular weight is 289 g/mol. The number of carbonyl (C=O) groups is 1. The van der Waals surface area contributed by atoms with E-state index < -0.39 is 5.97 Å². The van der Waals surface area contributed by atoms with Crippen LogP contribution in [0.1, 0.15) is 0 Å². The van der Waals surface area contributed by atoms with Gasteiger partial charge in [-0.15, -0.1) is 0 Å². The van der Waals surface area contributed by atoms with Crippen molar-refractivity contribution in [3.63, 3.8) is 0 Å². The Hall–Kier alpha value is -1.000. The number of hydrogen-bond acceptors (Lipinski definition) is 3. The fourth-order valence-electron chi connectivity index (χ4n) is 1.19. The van der Waals surface area contributed by atoms with Crippen LogP contribution in [0.2, 0.25) is 0 Å². The topological polar surface area (TPSA) is 38.3 Å². The second-order valence-corrected chi connectivity index (χ2v) is 4.29. The number of halogens is 2. The minimum absolute atomic E-state index is 0.123. The van der Waals surface area contributed by atoms with Crippen molar-refractivity contribution >= 4 is 39.2 Å². The predicted molar refractivity (Wildman–Crippen MR) is 61.6 cm³/mol. The Bertz CT molecular complexity index is 428. The van der Waals surface area contributed by atoms with Gasteiger partial charge in [-0.2, -0.15) is 0 Å². The van der Waals surface area contributed by atoms with Gasteiger partial charge in [0.05, 0.1) is 5.70 Å². The molecule has 0 saturated carbocycles. The molecular formula is C10H7BrClNO2. The van der Waals surface area contributed by atoms with Crippen LogP contribution in [0.15, 0.2) is 39.5 Å². The van der Waals surface area contributed by atoms with Gasteiger partial charge >= 0.3 is 5.97 Å². The first kappa shape index (κ1) is 10.5. The van der Waals surface area contributed by atoms with Crippen molar-refractivity contribution in [1.82, 2.24) is 0 Å². The first-order valence-corrected chi connectivity index (χ1v) is 5.42. The largest absolute Gasteiger partial charge is 0.455 e. The molecule has 1 aliphatic rings. The molecule has 78 valence electrons. The molecular weight excluding hydrogens is 281 g/mol. The maximum Gasteiger partial charge on any atom is 0.352 e. The van der Waals surface area contributed by atoms with Crippen molar-refractivity contribution in [2.24, 2.45) is 0 Å². The predicted octanol–water partition coefficient (Wildman–Crippen LogP) is 2.87. The highest BCUT2D eigenvalue weighted by molar-refractivity contribution is 9.10. The summed E-state index contributed by atoms with van der Waals surface area (Å²) in [5, 5.41) is 3.15. The van der Waals surface area contributed by atoms with E-state index in [0.29, 0.717) is 5.70 Å². The van der Waals surface area contributed by atoms with Crippen LogP contribution in [0.3, 0.4) is 0 Å². The van der Waals surface area contributed by atoms with Gasteiger partial charge in [-0.3, -0.25) is 0 Å². The second-order valence-electron chi connectivity index (χ2n) is 3.00. The highest BCUT2D eigenvalue weighted by Gasteiger charge is 2.22. The van der Waals surface area contributed by atoms with Gasteiger partial charge in [-0.05, 0) is 24.3 Å². The first-order valence-electron chi connectivity index (χ1n) is 4.25. The number of hydrogen-bond donors (Lipinski definition) is 1. The summed E-state index contributed by atoms with van der Waals surface area (Å²) in [6.07, 6.45) is 0. The Morgan fingerprint density at radius 2 is 2.00 bits per heavy atom. The Morgan fingerprint density at radius 3 is 2.53 bits per heavy atom. The molecule has 0 atom stereocenters. The number of benzene rings is 1. The van der Waals surface area contributed by atoms with Gasteiger partial charge in [-0.1, -0.05) is 27.5 Å². The zero-order valence-corrected chi connectivity index (χ0v) is 9.93. The molecule has 0 fully saturated rings. The molecule has 5 heteroatoms. The lowest BCUT2D eigenvalue weighted by molar-refractivity contribution is -0.135. The van der Waals surface area contributed by atoms with Crippen LogP contribution in [-0.2, 0) is 9.53 Å². The highest BCUT2D eigenvalue weighted by atomic mass is 79.9. The molecule has 1 aromatic rings. The standard InChI is InChI=1S/C10H7BrClNO2/c11-6-1-3-7(4-2-6)13-8-5-15-10(14)9(8)12/h1-4,13H,5H2. The summed E-state index contributed by atoms with van der Waals surface area (Å²) in [7, 11) is 0. The molecule has 1 aliphatic heterocycles. The molecule has 0 aliphatic carbocycles. The van der Waals surface area contributed by atoms with Crippen LogP contribution in [-0.4, -0.2) is 12.6 Å². The van der Waals surface area contributed by atoms with Crippen LogP contribution in [0.4, 0.5) is 5.69 Å². The minimum atomic E-state index is -0.476.